The first-order valence-corrected chi connectivity index (χ1v) is 13.5. The topological polar surface area (TPSA) is 170 Å². The van der Waals surface area contributed by atoms with Gasteiger partial charge in [-0.25, -0.2) is 9.48 Å². The number of hydrogen-bond donors (Lipinski definition) is 4. The van der Waals surface area contributed by atoms with Gasteiger partial charge in [0, 0.05) is 25.5 Å². The Morgan fingerprint density at radius 2 is 1.67 bits per heavy atom. The first-order chi connectivity index (χ1) is 20.3. The van der Waals surface area contributed by atoms with Crippen LogP contribution in [0.2, 0.25) is 0 Å². The summed E-state index contributed by atoms with van der Waals surface area (Å²) in [6.07, 6.45) is -0.228. The molecular formula is C29H34F3N5O6. The molecule has 0 bridgehead atoms. The summed E-state index contributed by atoms with van der Waals surface area (Å²) in [5.74, 6) is -3.89. The number of carboxylic acid groups (broad SMARTS) is 2. The Balaban J connectivity index is 0.000000646. The largest absolute Gasteiger partial charge is 0.490 e. The molecule has 1 unspecified atom stereocenters. The zero-order valence-corrected chi connectivity index (χ0v) is 23.5. The number of nitrogens with zero attached hydrogens (tertiary/aromatic N) is 3. The number of rotatable bonds is 10. The van der Waals surface area contributed by atoms with Gasteiger partial charge in [0.05, 0.1) is 35.3 Å². The second-order valence-corrected chi connectivity index (χ2v) is 10.4. The number of benzene rings is 2. The van der Waals surface area contributed by atoms with Crippen LogP contribution in [0.4, 0.5) is 18.9 Å². The van der Waals surface area contributed by atoms with Crippen molar-refractivity contribution >= 4 is 23.5 Å². The van der Waals surface area contributed by atoms with Crippen LogP contribution < -0.4 is 11.1 Å². The fourth-order valence-electron chi connectivity index (χ4n) is 4.98. The number of carbonyl (C=O) groups is 3. The number of para-hydroxylation sites is 2. The van der Waals surface area contributed by atoms with Crippen molar-refractivity contribution in [1.82, 2.24) is 20.3 Å². The number of nitrogens with two attached hydrogens (primary N) is 1. The molecule has 232 valence electrons. The van der Waals surface area contributed by atoms with E-state index in [0.717, 1.165) is 16.9 Å². The van der Waals surface area contributed by atoms with Crippen molar-refractivity contribution in [2.45, 2.75) is 50.7 Å². The van der Waals surface area contributed by atoms with Crippen molar-refractivity contribution in [2.75, 3.05) is 19.5 Å². The molecule has 1 saturated carbocycles. The van der Waals surface area contributed by atoms with Crippen molar-refractivity contribution in [2.24, 2.45) is 11.3 Å². The summed E-state index contributed by atoms with van der Waals surface area (Å²) in [7, 11) is 1.51. The monoisotopic (exact) mass is 605 g/mol. The summed E-state index contributed by atoms with van der Waals surface area (Å²) in [4.78, 5) is 34.0. The number of carbonyl (C=O) groups excluding carboxylic acids is 1. The molecule has 1 aliphatic carbocycles. The lowest BCUT2D eigenvalue weighted by atomic mass is 9.70. The van der Waals surface area contributed by atoms with Crippen molar-refractivity contribution in [3.63, 3.8) is 0 Å². The number of nitrogens with one attached hydrogen (secondary N) is 1. The van der Waals surface area contributed by atoms with Crippen molar-refractivity contribution in [3.8, 4) is 5.69 Å². The van der Waals surface area contributed by atoms with Crippen LogP contribution in [0.15, 0.2) is 60.8 Å². The smallest absolute Gasteiger partial charge is 0.481 e. The standard InChI is InChI=1S/C27H33N5O4.C2HF3O2/c1-36-18-27(26(34)35)13-11-20(12-14-27)25(33)29-21(15-19-7-3-2-4-8-19)16-22-17-32(31-30-22)24-10-6-5-9-23(24)28;3-2(4,5)1(6)7/h2-10,17,20-21H,11-16,18,28H2,1H3,(H,29,33)(H,34,35);(H,6,7). The van der Waals surface area contributed by atoms with E-state index in [1.807, 2.05) is 60.8 Å². The highest BCUT2D eigenvalue weighted by atomic mass is 19.4. The molecule has 4 rings (SSSR count). The number of hydrogen-bond acceptors (Lipinski definition) is 7. The minimum Gasteiger partial charge on any atom is -0.481 e. The zero-order valence-electron chi connectivity index (χ0n) is 23.5. The van der Waals surface area contributed by atoms with Gasteiger partial charge in [-0.05, 0) is 49.8 Å². The van der Waals surface area contributed by atoms with Crippen molar-refractivity contribution < 1.29 is 42.5 Å². The molecule has 2 aromatic carbocycles. The van der Waals surface area contributed by atoms with E-state index in [1.165, 1.54) is 7.11 Å². The molecule has 14 heteroatoms. The molecule has 43 heavy (non-hydrogen) atoms. The maximum absolute atomic E-state index is 13.3. The number of alkyl halides is 3. The van der Waals surface area contributed by atoms with Crippen molar-refractivity contribution in [3.05, 3.63) is 72.1 Å². The first kappa shape index (κ1) is 33.0. The Labute approximate surface area is 245 Å². The van der Waals surface area contributed by atoms with Gasteiger partial charge < -0.3 is 26.0 Å². The molecule has 0 aliphatic heterocycles. The van der Waals surface area contributed by atoms with Crippen LogP contribution >= 0.6 is 0 Å². The van der Waals surface area contributed by atoms with E-state index in [9.17, 15) is 27.9 Å². The van der Waals surface area contributed by atoms with E-state index >= 15 is 0 Å². The van der Waals surface area contributed by atoms with Crippen LogP contribution in [-0.4, -0.2) is 69.0 Å². The number of carboxylic acids is 2. The fourth-order valence-corrected chi connectivity index (χ4v) is 4.98. The van der Waals surface area contributed by atoms with Crippen LogP contribution in [0.1, 0.15) is 36.9 Å². The molecule has 5 N–H and O–H groups in total. The van der Waals surface area contributed by atoms with Gasteiger partial charge in [0.2, 0.25) is 5.91 Å². The fraction of sp³-hybridized carbons (Fsp3) is 0.414. The third-order valence-electron chi connectivity index (χ3n) is 7.28. The van der Waals surface area contributed by atoms with Gasteiger partial charge in [-0.3, -0.25) is 9.59 Å². The van der Waals surface area contributed by atoms with Gasteiger partial charge >= 0.3 is 18.1 Å². The van der Waals surface area contributed by atoms with Gasteiger partial charge in [0.15, 0.2) is 0 Å². The van der Waals surface area contributed by atoms with Crippen LogP contribution in [0, 0.1) is 11.3 Å². The lowest BCUT2D eigenvalue weighted by molar-refractivity contribution is -0.192. The lowest BCUT2D eigenvalue weighted by Crippen LogP contribution is -2.45. The van der Waals surface area contributed by atoms with E-state index in [2.05, 4.69) is 15.6 Å². The molecule has 11 nitrogen and oxygen atoms in total. The molecule has 0 radical (unpaired) electrons. The maximum atomic E-state index is 13.3. The normalized spacial score (nSPS) is 19.0. The quantitative estimate of drug-likeness (QED) is 0.252. The van der Waals surface area contributed by atoms with Gasteiger partial charge in [-0.1, -0.05) is 47.7 Å². The minimum atomic E-state index is -5.08. The molecule has 1 aromatic heterocycles. The van der Waals surface area contributed by atoms with Crippen LogP contribution in [0.3, 0.4) is 0 Å². The first-order valence-electron chi connectivity index (χ1n) is 13.5. The average Bonchev–Trinajstić information content (AvgIpc) is 3.42. The lowest BCUT2D eigenvalue weighted by Gasteiger charge is -2.36. The number of ether oxygens (including phenoxy) is 1. The van der Waals surface area contributed by atoms with E-state index in [0.29, 0.717) is 44.2 Å². The summed E-state index contributed by atoms with van der Waals surface area (Å²) >= 11 is 0. The van der Waals surface area contributed by atoms with Gasteiger partial charge in [-0.15, -0.1) is 5.10 Å². The molecular weight excluding hydrogens is 571 g/mol. The highest BCUT2D eigenvalue weighted by Crippen LogP contribution is 2.39. The van der Waals surface area contributed by atoms with E-state index < -0.39 is 23.5 Å². The number of aliphatic carboxylic acids is 2. The highest BCUT2D eigenvalue weighted by Gasteiger charge is 2.43. The predicted molar refractivity (Wildman–Crippen MR) is 149 cm³/mol. The third kappa shape index (κ3) is 9.26. The Bertz CT molecular complexity index is 1370. The number of anilines is 1. The summed E-state index contributed by atoms with van der Waals surface area (Å²) in [6, 6.07) is 17.2. The molecule has 1 amide bonds. The summed E-state index contributed by atoms with van der Waals surface area (Å²) < 4.78 is 38.6. The van der Waals surface area contributed by atoms with Crippen LogP contribution in [-0.2, 0) is 32.0 Å². The van der Waals surface area contributed by atoms with Crippen LogP contribution in [0.5, 0.6) is 0 Å². The SMILES string of the molecule is COCC1(C(=O)O)CCC(C(=O)NC(Cc2ccccc2)Cc2cn(-c3ccccc3N)nn2)CC1.O=C(O)C(F)(F)F. The second-order valence-electron chi connectivity index (χ2n) is 10.4. The second kappa shape index (κ2) is 14.6. The predicted octanol–water partition coefficient (Wildman–Crippen LogP) is 3.66. The summed E-state index contributed by atoms with van der Waals surface area (Å²) in [5.41, 5.74) is 8.37. The molecule has 0 saturated heterocycles. The Hall–Kier alpha value is -4.46. The van der Waals surface area contributed by atoms with Crippen LogP contribution in [0.25, 0.3) is 5.69 Å². The van der Waals surface area contributed by atoms with Gasteiger partial charge in [0.25, 0.3) is 0 Å². The van der Waals surface area contributed by atoms with E-state index in [-0.39, 0.29) is 24.5 Å². The third-order valence-corrected chi connectivity index (χ3v) is 7.28. The number of nitrogen functional groups attached to an aromatic ring is 1. The van der Waals surface area contributed by atoms with E-state index in [4.69, 9.17) is 20.4 Å². The number of halogens is 3. The molecule has 1 fully saturated rings. The zero-order chi connectivity index (χ0) is 31.6. The number of amides is 1. The molecule has 1 heterocycles. The molecule has 3 aromatic rings. The Morgan fingerprint density at radius 1 is 1.07 bits per heavy atom. The minimum absolute atomic E-state index is 0.0490. The molecule has 1 aliphatic rings. The van der Waals surface area contributed by atoms with Crippen molar-refractivity contribution in [1.29, 1.82) is 0 Å². The molecule has 0 spiro atoms. The van der Waals surface area contributed by atoms with Gasteiger partial charge in [-0.2, -0.15) is 13.2 Å². The number of methoxy groups -OCH3 is 1. The summed E-state index contributed by atoms with van der Waals surface area (Å²) in [6.45, 7) is 0.162. The molecule has 1 atom stereocenters. The maximum Gasteiger partial charge on any atom is 0.490 e. The average molecular weight is 606 g/mol. The number of aromatic nitrogens is 3. The summed E-state index contributed by atoms with van der Waals surface area (Å²) in [5, 5.41) is 28.6. The van der Waals surface area contributed by atoms with Gasteiger partial charge in [0.1, 0.15) is 0 Å². The highest BCUT2D eigenvalue weighted by molar-refractivity contribution is 5.80. The Kier molecular flexibility index (Phi) is 11.2. The van der Waals surface area contributed by atoms with E-state index in [1.54, 1.807) is 4.68 Å². The Morgan fingerprint density at radius 3 is 2.23 bits per heavy atom.